The molecule has 4 aromatic carbocycles. The van der Waals surface area contributed by atoms with Crippen molar-refractivity contribution in [2.24, 2.45) is 5.73 Å². The number of benzene rings is 4. The summed E-state index contributed by atoms with van der Waals surface area (Å²) >= 11 is 0. The van der Waals surface area contributed by atoms with E-state index in [2.05, 4.69) is 25.4 Å². The maximum Gasteiger partial charge on any atom is 0.573 e. The van der Waals surface area contributed by atoms with Crippen LogP contribution in [-0.2, 0) is 22.6 Å². The zero-order valence-corrected chi connectivity index (χ0v) is 30.4. The second-order valence-electron chi connectivity index (χ2n) is 12.2. The number of ether oxygens (including phenoxy) is 3. The first-order valence-electron chi connectivity index (χ1n) is 16.1. The van der Waals surface area contributed by atoms with E-state index in [4.69, 9.17) is 25.6 Å². The topological polar surface area (TPSA) is 192 Å². The first-order chi connectivity index (χ1) is 26.8. The summed E-state index contributed by atoms with van der Waals surface area (Å²) in [6, 6.07) is 24.8. The maximum absolute atomic E-state index is 12.3. The summed E-state index contributed by atoms with van der Waals surface area (Å²) in [5.41, 5.74) is 8.75. The normalized spacial score (nSPS) is 11.2. The van der Waals surface area contributed by atoms with Crippen molar-refractivity contribution < 1.29 is 68.4 Å². The smallest absolute Gasteiger partial charge is 0.475 e. The average molecular weight is 829 g/mol. The highest BCUT2D eigenvalue weighted by molar-refractivity contribution is 5.73. The summed E-state index contributed by atoms with van der Waals surface area (Å²) in [6.07, 6.45) is -15.2. The van der Waals surface area contributed by atoms with Crippen molar-refractivity contribution in [3.05, 3.63) is 107 Å². The predicted molar refractivity (Wildman–Crippen MR) is 190 cm³/mol. The van der Waals surface area contributed by atoms with Gasteiger partial charge in [0, 0.05) is 36.6 Å². The number of nitriles is 2. The largest absolute Gasteiger partial charge is 0.573 e. The number of carbonyl (C=O) groups excluding carboxylic acids is 1. The van der Waals surface area contributed by atoms with Crippen molar-refractivity contribution >= 4 is 34.8 Å². The molecule has 0 aliphatic rings. The number of alkyl carbamates (subject to hydrolysis) is 1. The lowest BCUT2D eigenvalue weighted by molar-refractivity contribution is -0.275. The molecule has 58 heavy (non-hydrogen) atoms. The molecule has 310 valence electrons. The molecule has 1 amide bonds. The molecule has 21 heteroatoms. The molecule has 0 fully saturated rings. The fraction of sp³-hybridized carbons (Fsp3) is 0.243. The van der Waals surface area contributed by atoms with Crippen LogP contribution in [0, 0.1) is 22.7 Å². The van der Waals surface area contributed by atoms with Crippen LogP contribution in [0.4, 0.5) is 67.1 Å². The molecule has 0 atom stereocenters. The Kier molecular flexibility index (Phi) is 16.6. The van der Waals surface area contributed by atoms with E-state index < -0.39 is 48.1 Å². The Labute approximate surface area is 324 Å². The lowest BCUT2D eigenvalue weighted by atomic mass is 10.1. The van der Waals surface area contributed by atoms with E-state index >= 15 is 0 Å². The van der Waals surface area contributed by atoms with Gasteiger partial charge in [0.05, 0.1) is 22.5 Å². The number of rotatable bonds is 9. The van der Waals surface area contributed by atoms with E-state index in [0.717, 1.165) is 35.4 Å². The standard InChI is InChI=1S/C20H20F3N3O3.C15H12F3N3O.C2HF3O2/c1-19(2,3)29-18(27)25-12-13-4-6-15(7-5-13)26-17-9-8-16(10-14(17)11-24)28-20(21,22)23;16-15(17,18)22-13-5-6-14(11(7-13)9-20)21-12-3-1-10(8-19)2-4-12;3-2(4,5)1(6)7/h4-10,26H,12H2,1-3H3,(H,25,27);1-7,21H,8,19H2;(H,6,7). The third-order valence-electron chi connectivity index (χ3n) is 6.47. The molecule has 0 heterocycles. The van der Waals surface area contributed by atoms with Crippen molar-refractivity contribution in [2.75, 3.05) is 10.6 Å². The number of amides is 1. The quantitative estimate of drug-likeness (QED) is 0.101. The number of nitrogens with one attached hydrogen (secondary N) is 3. The minimum absolute atomic E-state index is 0.00224. The van der Waals surface area contributed by atoms with Crippen LogP contribution in [0.2, 0.25) is 0 Å². The molecule has 0 radical (unpaired) electrons. The van der Waals surface area contributed by atoms with E-state index in [1.54, 1.807) is 57.2 Å². The average Bonchev–Trinajstić information content (AvgIpc) is 3.11. The van der Waals surface area contributed by atoms with Gasteiger partial charge in [-0.05, 0) is 80.4 Å². The number of aliphatic carboxylic acids is 1. The molecule has 4 rings (SSSR count). The zero-order valence-electron chi connectivity index (χ0n) is 30.4. The molecular formula is C37H33F9N6O6. The van der Waals surface area contributed by atoms with Crippen LogP contribution in [0.5, 0.6) is 11.5 Å². The van der Waals surface area contributed by atoms with Crippen LogP contribution in [0.1, 0.15) is 43.0 Å². The molecule has 0 unspecified atom stereocenters. The van der Waals surface area contributed by atoms with Crippen LogP contribution in [0.15, 0.2) is 84.9 Å². The lowest BCUT2D eigenvalue weighted by Gasteiger charge is -2.19. The Balaban J connectivity index is 0.000000352. The summed E-state index contributed by atoms with van der Waals surface area (Å²) in [5.74, 6) is -3.66. The third-order valence-corrected chi connectivity index (χ3v) is 6.47. The zero-order chi connectivity index (χ0) is 43.9. The van der Waals surface area contributed by atoms with Gasteiger partial charge in [-0.15, -0.1) is 26.3 Å². The Morgan fingerprint density at radius 1 is 0.672 bits per heavy atom. The third kappa shape index (κ3) is 18.2. The molecule has 0 bridgehead atoms. The van der Waals surface area contributed by atoms with Gasteiger partial charge in [0.25, 0.3) is 0 Å². The fourth-order valence-corrected chi connectivity index (χ4v) is 4.07. The number of hydrogen-bond donors (Lipinski definition) is 5. The van der Waals surface area contributed by atoms with E-state index in [-0.39, 0.29) is 17.7 Å². The number of anilines is 4. The van der Waals surface area contributed by atoms with Crippen LogP contribution in [-0.4, -0.2) is 41.7 Å². The number of hydrogen-bond acceptors (Lipinski definition) is 10. The van der Waals surface area contributed by atoms with Crippen LogP contribution in [0.25, 0.3) is 0 Å². The number of nitrogens with two attached hydrogens (primary N) is 1. The molecule has 12 nitrogen and oxygen atoms in total. The SMILES string of the molecule is CC(C)(C)OC(=O)NCc1ccc(Nc2ccc(OC(F)(F)F)cc2C#N)cc1.N#Cc1cc(OC(F)(F)F)ccc1Nc1ccc(CN)cc1.O=C(O)C(F)(F)F. The van der Waals surface area contributed by atoms with E-state index in [0.29, 0.717) is 29.3 Å². The van der Waals surface area contributed by atoms with E-state index in [1.165, 1.54) is 12.1 Å². The van der Waals surface area contributed by atoms with Gasteiger partial charge in [0.15, 0.2) is 0 Å². The molecule has 0 saturated carbocycles. The summed E-state index contributed by atoms with van der Waals surface area (Å²) in [5, 5.41) is 33.9. The Morgan fingerprint density at radius 3 is 1.36 bits per heavy atom. The molecule has 4 aromatic rings. The molecule has 0 aliphatic carbocycles. The minimum Gasteiger partial charge on any atom is -0.475 e. The highest BCUT2D eigenvalue weighted by atomic mass is 19.4. The molecule has 0 saturated heterocycles. The van der Waals surface area contributed by atoms with Gasteiger partial charge < -0.3 is 41.0 Å². The molecule has 0 aliphatic heterocycles. The first kappa shape index (κ1) is 47.3. The summed E-state index contributed by atoms with van der Waals surface area (Å²) in [7, 11) is 0. The maximum atomic E-state index is 12.3. The monoisotopic (exact) mass is 828 g/mol. The predicted octanol–water partition coefficient (Wildman–Crippen LogP) is 9.52. The fourth-order valence-electron chi connectivity index (χ4n) is 4.07. The van der Waals surface area contributed by atoms with Crippen molar-refractivity contribution in [3.63, 3.8) is 0 Å². The van der Waals surface area contributed by atoms with Crippen LogP contribution < -0.4 is 31.2 Å². The highest BCUT2D eigenvalue weighted by Gasteiger charge is 2.38. The van der Waals surface area contributed by atoms with Crippen molar-refractivity contribution in [3.8, 4) is 23.6 Å². The minimum atomic E-state index is -5.08. The highest BCUT2D eigenvalue weighted by Crippen LogP contribution is 2.30. The molecular weight excluding hydrogens is 795 g/mol. The number of carbonyl (C=O) groups is 2. The van der Waals surface area contributed by atoms with Gasteiger partial charge in [-0.2, -0.15) is 23.7 Å². The summed E-state index contributed by atoms with van der Waals surface area (Å²) in [6.45, 7) is 5.98. The van der Waals surface area contributed by atoms with E-state index in [1.807, 2.05) is 24.3 Å². The van der Waals surface area contributed by atoms with Crippen molar-refractivity contribution in [1.29, 1.82) is 10.5 Å². The van der Waals surface area contributed by atoms with Gasteiger partial charge in [-0.1, -0.05) is 24.3 Å². The van der Waals surface area contributed by atoms with Gasteiger partial charge in [0.2, 0.25) is 0 Å². The summed E-state index contributed by atoms with van der Waals surface area (Å²) < 4.78 is 118. The molecule has 0 spiro atoms. The van der Waals surface area contributed by atoms with Crippen LogP contribution >= 0.6 is 0 Å². The van der Waals surface area contributed by atoms with Crippen molar-refractivity contribution in [1.82, 2.24) is 5.32 Å². The second-order valence-corrected chi connectivity index (χ2v) is 12.2. The number of carboxylic acids is 1. The Morgan fingerprint density at radius 2 is 1.05 bits per heavy atom. The van der Waals surface area contributed by atoms with Crippen molar-refractivity contribution in [2.45, 2.75) is 58.4 Å². The van der Waals surface area contributed by atoms with E-state index in [9.17, 15) is 49.6 Å². The summed E-state index contributed by atoms with van der Waals surface area (Å²) in [4.78, 5) is 20.6. The number of halogens is 9. The molecule has 6 N–H and O–H groups in total. The number of alkyl halides is 9. The van der Waals surface area contributed by atoms with Crippen LogP contribution in [0.3, 0.4) is 0 Å². The lowest BCUT2D eigenvalue weighted by Crippen LogP contribution is -2.32. The first-order valence-corrected chi connectivity index (χ1v) is 16.1. The van der Waals surface area contributed by atoms with Gasteiger partial charge in [0.1, 0.15) is 29.2 Å². The van der Waals surface area contributed by atoms with Gasteiger partial charge in [-0.25, -0.2) is 9.59 Å². The van der Waals surface area contributed by atoms with Gasteiger partial charge in [-0.3, -0.25) is 0 Å². The Bertz CT molecular complexity index is 2070. The van der Waals surface area contributed by atoms with Gasteiger partial charge >= 0.3 is 31.0 Å². The second kappa shape index (κ2) is 20.3. The number of carboxylic acid groups (broad SMARTS) is 1. The number of nitrogens with zero attached hydrogens (tertiary/aromatic N) is 2. The molecule has 0 aromatic heterocycles. The Hall–Kier alpha value is -6.87.